The van der Waals surface area contributed by atoms with Crippen molar-refractivity contribution in [3.8, 4) is 0 Å². The van der Waals surface area contributed by atoms with E-state index >= 15 is 0 Å². The van der Waals surface area contributed by atoms with Crippen LogP contribution in [0.25, 0.3) is 0 Å². The molecule has 6 nitrogen and oxygen atoms in total. The Morgan fingerprint density at radius 1 is 1.00 bits per heavy atom. The molecule has 11 unspecified atom stereocenters. The topological polar surface area (TPSA) is 96.8 Å². The number of hydrogen-bond acceptors (Lipinski definition) is 6. The summed E-state index contributed by atoms with van der Waals surface area (Å²) in [5.74, 6) is 3.83. The maximum Gasteiger partial charge on any atom is 0.306 e. The molecule has 42 heavy (non-hydrogen) atoms. The number of fused-ring (bicyclic) bond motifs is 7. The predicted molar refractivity (Wildman–Crippen MR) is 165 cm³/mol. The van der Waals surface area contributed by atoms with Crippen molar-refractivity contribution in [2.75, 3.05) is 18.1 Å². The Hall–Kier alpha value is -1.79. The molecule has 0 bridgehead atoms. The maximum atomic E-state index is 12.8. The Kier molecular flexibility index (Phi) is 7.36. The van der Waals surface area contributed by atoms with Crippen LogP contribution >= 0.6 is 0 Å². The van der Waals surface area contributed by atoms with Crippen molar-refractivity contribution in [1.82, 2.24) is 0 Å². The third-order valence-corrected chi connectivity index (χ3v) is 13.8. The Balaban J connectivity index is 0.955. The lowest BCUT2D eigenvalue weighted by Gasteiger charge is -2.61. The van der Waals surface area contributed by atoms with Crippen molar-refractivity contribution < 1.29 is 19.0 Å². The predicted octanol–water partition coefficient (Wildman–Crippen LogP) is 7.29. The molecule has 7 rings (SSSR count). The van der Waals surface area contributed by atoms with E-state index in [1.807, 2.05) is 12.1 Å². The minimum Gasteiger partial charge on any atom is -0.462 e. The number of anilines is 2. The molecule has 0 radical (unpaired) electrons. The summed E-state index contributed by atoms with van der Waals surface area (Å²) < 4.78 is 19.4. The fourth-order valence-electron chi connectivity index (χ4n) is 11.8. The molecule has 6 heteroatoms. The molecule has 1 aromatic carbocycles. The van der Waals surface area contributed by atoms with Gasteiger partial charge in [0.2, 0.25) is 0 Å². The zero-order valence-corrected chi connectivity index (χ0v) is 26.2. The Morgan fingerprint density at radius 3 is 2.62 bits per heavy atom. The quantitative estimate of drug-likeness (QED) is 0.281. The number of esters is 1. The highest BCUT2D eigenvalue weighted by Crippen LogP contribution is 2.71. The summed E-state index contributed by atoms with van der Waals surface area (Å²) in [4.78, 5) is 12.8. The van der Waals surface area contributed by atoms with E-state index in [4.69, 9.17) is 25.7 Å². The van der Waals surface area contributed by atoms with Crippen LogP contribution < -0.4 is 11.5 Å². The first-order valence-electron chi connectivity index (χ1n) is 17.3. The number of nitrogen functional groups attached to an aromatic ring is 2. The molecule has 4 saturated carbocycles. The normalized spacial score (nSPS) is 46.0. The van der Waals surface area contributed by atoms with Gasteiger partial charge in [-0.25, -0.2) is 0 Å². The highest BCUT2D eigenvalue weighted by atomic mass is 16.7. The molecule has 6 fully saturated rings. The maximum absolute atomic E-state index is 12.8. The Morgan fingerprint density at radius 2 is 1.83 bits per heavy atom. The summed E-state index contributed by atoms with van der Waals surface area (Å²) in [6, 6.07) is 5.64. The lowest BCUT2D eigenvalue weighted by Crippen LogP contribution is -2.55. The van der Waals surface area contributed by atoms with E-state index in [0.717, 1.165) is 62.0 Å². The summed E-state index contributed by atoms with van der Waals surface area (Å²) in [5.41, 5.74) is 15.1. The number of carbonyl (C=O) groups is 1. The molecule has 0 amide bonds. The number of nitrogens with two attached hydrogens (primary N) is 2. The van der Waals surface area contributed by atoms with Crippen LogP contribution in [0.3, 0.4) is 0 Å². The number of benzene rings is 1. The van der Waals surface area contributed by atoms with Gasteiger partial charge in [-0.3, -0.25) is 4.79 Å². The number of ether oxygens (including phenoxy) is 3. The monoisotopic (exact) mass is 578 g/mol. The molecule has 4 N–H and O–H groups in total. The van der Waals surface area contributed by atoms with Gasteiger partial charge >= 0.3 is 5.97 Å². The number of aryl methyl sites for hydroxylation is 1. The van der Waals surface area contributed by atoms with E-state index < -0.39 is 0 Å². The van der Waals surface area contributed by atoms with Crippen LogP contribution in [-0.2, 0) is 25.4 Å². The van der Waals surface area contributed by atoms with Gasteiger partial charge in [-0.05, 0) is 135 Å². The van der Waals surface area contributed by atoms with Crippen LogP contribution in [0.1, 0.15) is 110 Å². The number of rotatable bonds is 5. The number of carbonyl (C=O) groups excluding carboxylic acids is 1. The third-order valence-electron chi connectivity index (χ3n) is 13.8. The second-order valence-corrected chi connectivity index (χ2v) is 15.7. The first kappa shape index (κ1) is 29.0. The highest BCUT2D eigenvalue weighted by Gasteiger charge is 2.69. The van der Waals surface area contributed by atoms with Gasteiger partial charge in [0.1, 0.15) is 6.10 Å². The van der Waals surface area contributed by atoms with Crippen LogP contribution in [0.15, 0.2) is 18.2 Å². The average molecular weight is 579 g/mol. The van der Waals surface area contributed by atoms with Gasteiger partial charge in [0.05, 0.1) is 12.7 Å². The molecule has 232 valence electrons. The Labute approximate surface area is 253 Å². The number of hydrogen-bond donors (Lipinski definition) is 2. The summed E-state index contributed by atoms with van der Waals surface area (Å²) >= 11 is 0. The highest BCUT2D eigenvalue weighted by molar-refractivity contribution is 5.69. The fraction of sp³-hybridized carbons (Fsp3) is 0.806. The van der Waals surface area contributed by atoms with Crippen LogP contribution in [0.4, 0.5) is 11.4 Å². The van der Waals surface area contributed by atoms with E-state index in [-0.39, 0.29) is 17.9 Å². The molecule has 0 aromatic heterocycles. The zero-order valence-electron chi connectivity index (χ0n) is 26.2. The van der Waals surface area contributed by atoms with Gasteiger partial charge in [-0.2, -0.15) is 0 Å². The van der Waals surface area contributed by atoms with Gasteiger partial charge in [0, 0.05) is 30.1 Å². The smallest absolute Gasteiger partial charge is 0.306 e. The van der Waals surface area contributed by atoms with Gasteiger partial charge in [-0.1, -0.05) is 26.8 Å². The second kappa shape index (κ2) is 10.7. The zero-order chi connectivity index (χ0) is 29.3. The van der Waals surface area contributed by atoms with Crippen molar-refractivity contribution >= 4 is 17.3 Å². The van der Waals surface area contributed by atoms with Crippen molar-refractivity contribution in [2.45, 2.75) is 129 Å². The summed E-state index contributed by atoms with van der Waals surface area (Å²) in [6.45, 7) is 8.55. The summed E-state index contributed by atoms with van der Waals surface area (Å²) in [7, 11) is 0. The SMILES string of the molecule is CC1C2C(CC3C4CCC5CC(OC(=O)CCCc6ccc(N)cc6N)CCC5(C)C4CCC32C)OC12CCCCO2. The lowest BCUT2D eigenvalue weighted by atomic mass is 9.44. The van der Waals surface area contributed by atoms with Crippen molar-refractivity contribution in [3.63, 3.8) is 0 Å². The van der Waals surface area contributed by atoms with E-state index in [0.29, 0.717) is 52.5 Å². The second-order valence-electron chi connectivity index (χ2n) is 15.7. The van der Waals surface area contributed by atoms with Crippen LogP contribution in [-0.4, -0.2) is 30.6 Å². The Bertz CT molecular complexity index is 1180. The molecule has 2 aliphatic heterocycles. The summed E-state index contributed by atoms with van der Waals surface area (Å²) in [5, 5.41) is 0. The van der Waals surface area contributed by atoms with Crippen molar-refractivity contribution in [3.05, 3.63) is 23.8 Å². The van der Waals surface area contributed by atoms with E-state index in [1.54, 1.807) is 6.07 Å². The van der Waals surface area contributed by atoms with E-state index in [2.05, 4.69) is 20.8 Å². The van der Waals surface area contributed by atoms with E-state index in [9.17, 15) is 4.79 Å². The van der Waals surface area contributed by atoms with Crippen LogP contribution in [0.2, 0.25) is 0 Å². The first-order valence-corrected chi connectivity index (χ1v) is 17.3. The average Bonchev–Trinajstić information content (AvgIpc) is 3.40. The molecule has 2 saturated heterocycles. The fourth-order valence-corrected chi connectivity index (χ4v) is 11.8. The van der Waals surface area contributed by atoms with Crippen LogP contribution in [0.5, 0.6) is 0 Å². The minimum absolute atomic E-state index is 0.0499. The van der Waals surface area contributed by atoms with Gasteiger partial charge in [-0.15, -0.1) is 0 Å². The molecule has 1 aromatic rings. The molecule has 1 spiro atoms. The largest absolute Gasteiger partial charge is 0.462 e. The molecule has 2 heterocycles. The molecule has 4 aliphatic carbocycles. The molecule has 6 aliphatic rings. The van der Waals surface area contributed by atoms with Crippen LogP contribution in [0, 0.1) is 46.3 Å². The minimum atomic E-state index is -0.304. The summed E-state index contributed by atoms with van der Waals surface area (Å²) in [6.07, 6.45) is 15.7. The molecule has 11 atom stereocenters. The molecular formula is C36H54N2O4. The van der Waals surface area contributed by atoms with Gasteiger partial charge in [0.25, 0.3) is 0 Å². The first-order chi connectivity index (χ1) is 20.1. The molecular weight excluding hydrogens is 524 g/mol. The third kappa shape index (κ3) is 4.60. The van der Waals surface area contributed by atoms with E-state index in [1.165, 1.54) is 51.4 Å². The van der Waals surface area contributed by atoms with Crippen molar-refractivity contribution in [1.29, 1.82) is 0 Å². The lowest BCUT2D eigenvalue weighted by molar-refractivity contribution is -0.265. The standard InChI is InChI=1S/C36H54N2O4/c1-22-33-31(42-36(22)15-4-5-18-40-36)21-29-27-12-10-24-19-26(13-16-34(24,2)28(27)14-17-35(29,33)3)41-32(39)8-6-7-23-9-11-25(37)20-30(23)38/h9,11,20,22,24,26-29,31,33H,4-8,10,12-19,21,37-38H2,1-3H3. The van der Waals surface area contributed by atoms with Gasteiger partial charge in [0.15, 0.2) is 5.79 Å². The van der Waals surface area contributed by atoms with Crippen molar-refractivity contribution in [2.24, 2.45) is 46.3 Å². The van der Waals surface area contributed by atoms with Gasteiger partial charge < -0.3 is 25.7 Å².